The van der Waals surface area contributed by atoms with Crippen molar-refractivity contribution in [3.63, 3.8) is 0 Å². The van der Waals surface area contributed by atoms with Gasteiger partial charge in [0.1, 0.15) is 6.23 Å². The Hall–Kier alpha value is -1.64. The summed E-state index contributed by atoms with van der Waals surface area (Å²) in [6.07, 6.45) is 1.40. The molecule has 3 N–H and O–H groups in total. The molecule has 0 spiro atoms. The number of hydrogen-bond acceptors (Lipinski definition) is 4. The van der Waals surface area contributed by atoms with E-state index < -0.39 is 16.1 Å². The minimum absolute atomic E-state index is 0.224. The molecule has 1 aromatic carbocycles. The van der Waals surface area contributed by atoms with E-state index in [1.165, 1.54) is 24.3 Å². The van der Waals surface area contributed by atoms with Gasteiger partial charge >= 0.3 is 6.03 Å². The van der Waals surface area contributed by atoms with Crippen molar-refractivity contribution < 1.29 is 22.5 Å². The van der Waals surface area contributed by atoms with Crippen LogP contribution in [0.3, 0.4) is 0 Å². The molecule has 7 nitrogen and oxygen atoms in total. The lowest BCUT2D eigenvalue weighted by Gasteiger charge is -2.12. The average Bonchev–Trinajstić information content (AvgIpc) is 2.81. The van der Waals surface area contributed by atoms with Crippen molar-refractivity contribution in [1.82, 2.24) is 5.32 Å². The maximum Gasteiger partial charge on any atom is 0.321 e. The molecule has 1 atom stereocenters. The van der Waals surface area contributed by atoms with E-state index >= 15 is 0 Å². The predicted octanol–water partition coefficient (Wildman–Crippen LogP) is 1.19. The van der Waals surface area contributed by atoms with Crippen molar-refractivity contribution in [3.05, 3.63) is 24.3 Å². The summed E-state index contributed by atoms with van der Waals surface area (Å²) in [5, 5.41) is 5.17. The molecule has 0 bridgehead atoms. The maximum absolute atomic E-state index is 11.6. The summed E-state index contributed by atoms with van der Waals surface area (Å²) in [6, 6.07) is 4.76. The highest BCUT2D eigenvalue weighted by Crippen LogP contribution is 2.14. The van der Waals surface area contributed by atoms with Crippen LogP contribution in [-0.2, 0) is 14.9 Å². The van der Waals surface area contributed by atoms with E-state index in [9.17, 15) is 13.2 Å². The van der Waals surface area contributed by atoms with Crippen LogP contribution in [0.2, 0.25) is 0 Å². The molecule has 1 aliphatic rings. The summed E-state index contributed by atoms with van der Waals surface area (Å²) in [6.45, 7) is 0.633. The third-order valence-electron chi connectivity index (χ3n) is 2.63. The fraction of sp³-hybridized carbons (Fsp3) is 0.364. The molecular formula is C11H14N2O5S. The Labute approximate surface area is 110 Å². The van der Waals surface area contributed by atoms with Gasteiger partial charge in [0, 0.05) is 12.3 Å². The van der Waals surface area contributed by atoms with Gasteiger partial charge in [0.05, 0.1) is 4.90 Å². The maximum atomic E-state index is 11.6. The normalized spacial score (nSPS) is 19.1. The van der Waals surface area contributed by atoms with Crippen molar-refractivity contribution in [3.8, 4) is 0 Å². The monoisotopic (exact) mass is 286 g/mol. The number of amides is 2. The Kier molecular flexibility index (Phi) is 4.03. The van der Waals surface area contributed by atoms with Crippen LogP contribution in [0.15, 0.2) is 29.2 Å². The molecule has 2 rings (SSSR count). The van der Waals surface area contributed by atoms with Crippen LogP contribution in [0.25, 0.3) is 0 Å². The summed E-state index contributed by atoms with van der Waals surface area (Å²) in [4.78, 5) is 11.4. The van der Waals surface area contributed by atoms with Gasteiger partial charge in [0.2, 0.25) is 0 Å². The molecule has 1 saturated heterocycles. The zero-order valence-corrected chi connectivity index (χ0v) is 10.8. The summed E-state index contributed by atoms with van der Waals surface area (Å²) in [5.74, 6) is 0. The topological polar surface area (TPSA) is 105 Å². The molecule has 0 aliphatic carbocycles. The molecule has 0 saturated carbocycles. The first-order valence-corrected chi connectivity index (χ1v) is 7.16. The van der Waals surface area contributed by atoms with E-state index in [1.807, 2.05) is 0 Å². The zero-order chi connectivity index (χ0) is 13.9. The Morgan fingerprint density at radius 3 is 2.53 bits per heavy atom. The van der Waals surface area contributed by atoms with Gasteiger partial charge in [0.15, 0.2) is 0 Å². The van der Waals surface area contributed by atoms with Crippen molar-refractivity contribution in [1.29, 1.82) is 0 Å². The first kappa shape index (κ1) is 13.8. The molecule has 104 valence electrons. The van der Waals surface area contributed by atoms with Crippen LogP contribution in [0.5, 0.6) is 0 Å². The van der Waals surface area contributed by atoms with E-state index in [0.29, 0.717) is 12.3 Å². The third kappa shape index (κ3) is 3.91. The summed E-state index contributed by atoms with van der Waals surface area (Å²) in [5.41, 5.74) is 0.419. The van der Waals surface area contributed by atoms with Crippen LogP contribution >= 0.6 is 0 Å². The second-order valence-electron chi connectivity index (χ2n) is 4.10. The highest BCUT2D eigenvalue weighted by atomic mass is 32.2. The van der Waals surface area contributed by atoms with Gasteiger partial charge in [0.25, 0.3) is 10.1 Å². The molecule has 1 aromatic rings. The highest BCUT2D eigenvalue weighted by molar-refractivity contribution is 7.85. The van der Waals surface area contributed by atoms with Crippen LogP contribution in [0.1, 0.15) is 12.8 Å². The van der Waals surface area contributed by atoms with Gasteiger partial charge in [-0.05, 0) is 37.1 Å². The Bertz CT molecular complexity index is 549. The second-order valence-corrected chi connectivity index (χ2v) is 5.52. The van der Waals surface area contributed by atoms with Gasteiger partial charge in [-0.1, -0.05) is 0 Å². The molecule has 2 amide bonds. The van der Waals surface area contributed by atoms with Gasteiger partial charge in [-0.3, -0.25) is 4.55 Å². The van der Waals surface area contributed by atoms with Gasteiger partial charge in [-0.2, -0.15) is 8.42 Å². The van der Waals surface area contributed by atoms with Crippen LogP contribution in [0, 0.1) is 0 Å². The number of carbonyl (C=O) groups excluding carboxylic acids is 1. The smallest absolute Gasteiger partial charge is 0.321 e. The number of carbonyl (C=O) groups is 1. The Morgan fingerprint density at radius 1 is 1.32 bits per heavy atom. The van der Waals surface area contributed by atoms with Crippen molar-refractivity contribution >= 4 is 21.8 Å². The first-order valence-electron chi connectivity index (χ1n) is 5.72. The zero-order valence-electron chi connectivity index (χ0n) is 10.00. The highest BCUT2D eigenvalue weighted by Gasteiger charge is 2.17. The van der Waals surface area contributed by atoms with E-state index in [2.05, 4.69) is 10.6 Å². The lowest BCUT2D eigenvalue weighted by Crippen LogP contribution is -2.37. The van der Waals surface area contributed by atoms with E-state index in [1.54, 1.807) is 0 Å². The van der Waals surface area contributed by atoms with Gasteiger partial charge < -0.3 is 15.4 Å². The van der Waals surface area contributed by atoms with Crippen LogP contribution < -0.4 is 10.6 Å². The Morgan fingerprint density at radius 2 is 2.00 bits per heavy atom. The van der Waals surface area contributed by atoms with Crippen LogP contribution in [-0.4, -0.2) is 31.8 Å². The number of nitrogens with one attached hydrogen (secondary N) is 2. The number of anilines is 1. The first-order chi connectivity index (χ1) is 8.95. The largest absolute Gasteiger partial charge is 0.358 e. The number of urea groups is 1. The van der Waals surface area contributed by atoms with Crippen molar-refractivity contribution in [2.75, 3.05) is 11.9 Å². The molecule has 1 heterocycles. The molecule has 1 unspecified atom stereocenters. The molecule has 0 aromatic heterocycles. The number of rotatable bonds is 3. The van der Waals surface area contributed by atoms with Crippen molar-refractivity contribution in [2.24, 2.45) is 0 Å². The fourth-order valence-corrected chi connectivity index (χ4v) is 2.20. The quantitative estimate of drug-likeness (QED) is 0.724. The number of ether oxygens (including phenoxy) is 1. The second kappa shape index (κ2) is 5.55. The summed E-state index contributed by atoms with van der Waals surface area (Å²) in [7, 11) is -4.22. The Balaban J connectivity index is 1.93. The van der Waals surface area contributed by atoms with Crippen molar-refractivity contribution in [2.45, 2.75) is 24.0 Å². The average molecular weight is 286 g/mol. The van der Waals surface area contributed by atoms with Gasteiger partial charge in [-0.25, -0.2) is 4.79 Å². The molecule has 8 heteroatoms. The van der Waals surface area contributed by atoms with E-state index in [-0.39, 0.29) is 11.1 Å². The summed E-state index contributed by atoms with van der Waals surface area (Å²) >= 11 is 0. The number of hydrogen-bond donors (Lipinski definition) is 3. The summed E-state index contributed by atoms with van der Waals surface area (Å²) < 4.78 is 35.7. The molecule has 1 aliphatic heterocycles. The number of benzene rings is 1. The standard InChI is InChI=1S/C11H14N2O5S/c14-11(13-10-2-1-7-18-10)12-8-3-5-9(6-4-8)19(15,16)17/h3-6,10H,1-2,7H2,(H2,12,13,14)(H,15,16,17). The van der Waals surface area contributed by atoms with Crippen LogP contribution in [0.4, 0.5) is 10.5 Å². The lowest BCUT2D eigenvalue weighted by atomic mass is 10.3. The lowest BCUT2D eigenvalue weighted by molar-refractivity contribution is 0.0928. The van der Waals surface area contributed by atoms with E-state index in [0.717, 1.165) is 12.8 Å². The van der Waals surface area contributed by atoms with E-state index in [4.69, 9.17) is 9.29 Å². The molecule has 1 fully saturated rings. The molecule has 0 radical (unpaired) electrons. The SMILES string of the molecule is O=C(Nc1ccc(S(=O)(=O)O)cc1)NC1CCCO1. The third-order valence-corrected chi connectivity index (χ3v) is 3.50. The molecular weight excluding hydrogens is 272 g/mol. The minimum Gasteiger partial charge on any atom is -0.358 e. The fourth-order valence-electron chi connectivity index (χ4n) is 1.72. The molecule has 19 heavy (non-hydrogen) atoms. The minimum atomic E-state index is -4.22. The predicted molar refractivity (Wildman–Crippen MR) is 67.4 cm³/mol. The van der Waals surface area contributed by atoms with Gasteiger partial charge in [-0.15, -0.1) is 0 Å².